The molecule has 0 radical (unpaired) electrons. The van der Waals surface area contributed by atoms with E-state index < -0.39 is 0 Å². The Kier molecular flexibility index (Phi) is 4.93. The third-order valence-corrected chi connectivity index (χ3v) is 5.73. The summed E-state index contributed by atoms with van der Waals surface area (Å²) in [6.07, 6.45) is 3.59. The number of thiazole rings is 1. The number of hydrogen-bond donors (Lipinski definition) is 1. The fourth-order valence-electron chi connectivity index (χ4n) is 2.14. The number of halogens is 1. The highest BCUT2D eigenvalue weighted by Gasteiger charge is 2.21. The Hall–Kier alpha value is -0.910. The highest BCUT2D eigenvalue weighted by molar-refractivity contribution is 7.98. The molecule has 21 heavy (non-hydrogen) atoms. The van der Waals surface area contributed by atoms with Crippen LogP contribution in [0.3, 0.4) is 0 Å². The van der Waals surface area contributed by atoms with Gasteiger partial charge in [-0.15, -0.1) is 23.1 Å². The molecule has 0 aliphatic heterocycles. The lowest BCUT2D eigenvalue weighted by Gasteiger charge is -2.00. The Bertz CT molecular complexity index is 608. The van der Waals surface area contributed by atoms with Crippen LogP contribution in [0.15, 0.2) is 29.2 Å². The number of aromatic nitrogens is 1. The highest BCUT2D eigenvalue weighted by atomic mass is 32.2. The summed E-state index contributed by atoms with van der Waals surface area (Å²) in [6, 6.07) is 7.47. The van der Waals surface area contributed by atoms with E-state index in [0.29, 0.717) is 0 Å². The summed E-state index contributed by atoms with van der Waals surface area (Å²) in [6.45, 7) is 3.09. The predicted octanol–water partition coefficient (Wildman–Crippen LogP) is 4.39. The van der Waals surface area contributed by atoms with Crippen LogP contribution >= 0.6 is 23.1 Å². The average Bonchev–Trinajstić information content (AvgIpc) is 3.23. The van der Waals surface area contributed by atoms with Gasteiger partial charge in [0.05, 0.1) is 11.4 Å². The van der Waals surface area contributed by atoms with Crippen molar-refractivity contribution < 1.29 is 4.39 Å². The summed E-state index contributed by atoms with van der Waals surface area (Å²) in [7, 11) is 0. The minimum absolute atomic E-state index is 0.178. The monoisotopic (exact) mass is 322 g/mol. The van der Waals surface area contributed by atoms with Crippen LogP contribution in [0.1, 0.15) is 35.3 Å². The van der Waals surface area contributed by atoms with E-state index in [9.17, 15) is 4.39 Å². The third kappa shape index (κ3) is 4.28. The molecule has 1 aliphatic carbocycles. The van der Waals surface area contributed by atoms with E-state index in [2.05, 4.69) is 12.2 Å². The van der Waals surface area contributed by atoms with Gasteiger partial charge in [-0.2, -0.15) is 0 Å². The van der Waals surface area contributed by atoms with Crippen molar-refractivity contribution in [1.29, 1.82) is 0 Å². The lowest BCUT2D eigenvalue weighted by Crippen LogP contribution is -2.15. The molecule has 1 fully saturated rings. The molecule has 0 spiro atoms. The van der Waals surface area contributed by atoms with E-state index in [-0.39, 0.29) is 5.82 Å². The maximum Gasteiger partial charge on any atom is 0.124 e. The first-order valence-electron chi connectivity index (χ1n) is 7.34. The van der Waals surface area contributed by atoms with Crippen molar-refractivity contribution in [2.45, 2.75) is 49.4 Å². The molecule has 1 aliphatic rings. The molecular formula is C16H19FN2S2. The van der Waals surface area contributed by atoms with Crippen molar-refractivity contribution in [1.82, 2.24) is 10.3 Å². The van der Waals surface area contributed by atoms with E-state index in [1.807, 2.05) is 6.07 Å². The first kappa shape index (κ1) is 15.0. The summed E-state index contributed by atoms with van der Waals surface area (Å²) in [4.78, 5) is 7.05. The fraction of sp³-hybridized carbons (Fsp3) is 0.438. The third-order valence-electron chi connectivity index (χ3n) is 3.44. The van der Waals surface area contributed by atoms with Crippen LogP contribution in [0, 0.1) is 5.82 Å². The second kappa shape index (κ2) is 6.90. The Labute approximate surface area is 133 Å². The first-order valence-corrected chi connectivity index (χ1v) is 9.14. The molecule has 5 heteroatoms. The second-order valence-electron chi connectivity index (χ2n) is 5.23. The van der Waals surface area contributed by atoms with Crippen molar-refractivity contribution in [2.24, 2.45) is 0 Å². The molecule has 1 heterocycles. The number of aryl methyl sites for hydroxylation is 1. The molecule has 0 bridgehead atoms. The van der Waals surface area contributed by atoms with Crippen LogP contribution in [-0.4, -0.2) is 11.0 Å². The molecule has 2 aromatic rings. The van der Waals surface area contributed by atoms with Gasteiger partial charge in [0.1, 0.15) is 10.8 Å². The molecule has 112 valence electrons. The molecule has 0 saturated heterocycles. The molecule has 0 amide bonds. The van der Waals surface area contributed by atoms with Gasteiger partial charge in [0.25, 0.3) is 0 Å². The fourth-order valence-corrected chi connectivity index (χ4v) is 4.18. The number of hydrogen-bond acceptors (Lipinski definition) is 4. The van der Waals surface area contributed by atoms with Crippen molar-refractivity contribution in [2.75, 3.05) is 0 Å². The Morgan fingerprint density at radius 2 is 2.29 bits per heavy atom. The normalized spacial score (nSPS) is 14.6. The van der Waals surface area contributed by atoms with Crippen LogP contribution < -0.4 is 5.32 Å². The molecule has 1 aromatic heterocycles. The maximum atomic E-state index is 13.2. The number of benzene rings is 1. The Morgan fingerprint density at radius 1 is 1.43 bits per heavy atom. The smallest absolute Gasteiger partial charge is 0.124 e. The summed E-state index contributed by atoms with van der Waals surface area (Å²) in [5.41, 5.74) is 1.21. The van der Waals surface area contributed by atoms with Gasteiger partial charge in [0.15, 0.2) is 0 Å². The van der Waals surface area contributed by atoms with Gasteiger partial charge in [-0.05, 0) is 37.5 Å². The van der Waals surface area contributed by atoms with E-state index >= 15 is 0 Å². The van der Waals surface area contributed by atoms with E-state index in [1.165, 1.54) is 29.5 Å². The van der Waals surface area contributed by atoms with E-state index in [1.54, 1.807) is 35.2 Å². The van der Waals surface area contributed by atoms with Crippen molar-refractivity contribution >= 4 is 23.1 Å². The topological polar surface area (TPSA) is 24.9 Å². The molecule has 0 atom stereocenters. The number of rotatable bonds is 7. The van der Waals surface area contributed by atoms with Crippen LogP contribution in [0.25, 0.3) is 0 Å². The predicted molar refractivity (Wildman–Crippen MR) is 87.3 cm³/mol. The van der Waals surface area contributed by atoms with Crippen molar-refractivity contribution in [3.05, 3.63) is 45.7 Å². The summed E-state index contributed by atoms with van der Waals surface area (Å²) < 4.78 is 13.2. The number of nitrogens with zero attached hydrogens (tertiary/aromatic N) is 1. The zero-order chi connectivity index (χ0) is 14.7. The summed E-state index contributed by atoms with van der Waals surface area (Å²) >= 11 is 3.43. The number of nitrogens with one attached hydrogen (secondary N) is 1. The average molecular weight is 322 g/mol. The van der Waals surface area contributed by atoms with Gasteiger partial charge in [0, 0.05) is 22.4 Å². The molecule has 1 saturated carbocycles. The lowest BCUT2D eigenvalue weighted by molar-refractivity contribution is 0.624. The summed E-state index contributed by atoms with van der Waals surface area (Å²) in [5, 5.41) is 4.69. The minimum Gasteiger partial charge on any atom is -0.309 e. The van der Waals surface area contributed by atoms with Gasteiger partial charge < -0.3 is 5.32 Å². The SMILES string of the molecule is CCc1nc(CSc2cccc(F)c2)sc1CNC1CC1. The van der Waals surface area contributed by atoms with Crippen LogP contribution in [-0.2, 0) is 18.7 Å². The molecule has 1 N–H and O–H groups in total. The molecule has 2 nitrogen and oxygen atoms in total. The minimum atomic E-state index is -0.178. The van der Waals surface area contributed by atoms with Gasteiger partial charge in [-0.1, -0.05) is 13.0 Å². The van der Waals surface area contributed by atoms with Gasteiger partial charge >= 0.3 is 0 Å². The van der Waals surface area contributed by atoms with Gasteiger partial charge in [0.2, 0.25) is 0 Å². The lowest BCUT2D eigenvalue weighted by atomic mass is 10.3. The zero-order valence-corrected chi connectivity index (χ0v) is 13.7. The Balaban J connectivity index is 1.61. The first-order chi connectivity index (χ1) is 10.2. The quantitative estimate of drug-likeness (QED) is 0.765. The number of thioether (sulfide) groups is 1. The maximum absolute atomic E-state index is 13.2. The van der Waals surface area contributed by atoms with Crippen molar-refractivity contribution in [3.63, 3.8) is 0 Å². The van der Waals surface area contributed by atoms with Crippen LogP contribution in [0.4, 0.5) is 4.39 Å². The van der Waals surface area contributed by atoms with Gasteiger partial charge in [-0.3, -0.25) is 0 Å². The molecule has 0 unspecified atom stereocenters. The highest BCUT2D eigenvalue weighted by Crippen LogP contribution is 2.28. The van der Waals surface area contributed by atoms with Crippen LogP contribution in [0.2, 0.25) is 0 Å². The van der Waals surface area contributed by atoms with E-state index in [0.717, 1.165) is 34.7 Å². The van der Waals surface area contributed by atoms with Gasteiger partial charge in [-0.25, -0.2) is 9.37 Å². The molecule has 3 rings (SSSR count). The standard InChI is InChI=1S/C16H19FN2S2/c1-2-14-15(9-18-12-6-7-12)21-16(19-14)10-20-13-5-3-4-11(17)8-13/h3-5,8,12,18H,2,6-7,9-10H2,1H3. The Morgan fingerprint density at radius 3 is 3.00 bits per heavy atom. The second-order valence-corrected chi connectivity index (χ2v) is 7.45. The van der Waals surface area contributed by atoms with Crippen LogP contribution in [0.5, 0.6) is 0 Å². The summed E-state index contributed by atoms with van der Waals surface area (Å²) in [5.74, 6) is 0.632. The van der Waals surface area contributed by atoms with E-state index in [4.69, 9.17) is 4.98 Å². The molecular weight excluding hydrogens is 303 g/mol. The largest absolute Gasteiger partial charge is 0.309 e. The zero-order valence-electron chi connectivity index (χ0n) is 12.1. The molecule has 1 aromatic carbocycles. The van der Waals surface area contributed by atoms with Crippen molar-refractivity contribution in [3.8, 4) is 0 Å².